The first kappa shape index (κ1) is 6.68. The van der Waals surface area contributed by atoms with Crippen LogP contribution in [0.25, 0.3) is 43.1 Å². The smallest absolute Gasteiger partial charge is 0.0616 e. The third-order valence-corrected chi connectivity index (χ3v) is 4.73. The summed E-state index contributed by atoms with van der Waals surface area (Å²) in [5, 5.41) is -0.970. The van der Waals surface area contributed by atoms with Gasteiger partial charge >= 0.3 is 0 Å². The predicted octanol–water partition coefficient (Wildman–Crippen LogP) is 8.75. The van der Waals surface area contributed by atoms with Crippen molar-refractivity contribution >= 4 is 59.0 Å². The van der Waals surface area contributed by atoms with Crippen molar-refractivity contribution in [3.63, 3.8) is 0 Å². The predicted molar refractivity (Wildman–Crippen MR) is 131 cm³/mol. The summed E-state index contributed by atoms with van der Waals surface area (Å²) in [6, 6.07) is -8.90. The van der Waals surface area contributed by atoms with Crippen LogP contribution in [0.2, 0.25) is 0 Å². The maximum Gasteiger partial charge on any atom is 0.0636 e. The van der Waals surface area contributed by atoms with Gasteiger partial charge in [0.05, 0.1) is 26.0 Å². The van der Waals surface area contributed by atoms with E-state index in [-0.39, 0.29) is 65.7 Å². The quantitative estimate of drug-likeness (QED) is 0.201. The maximum absolute atomic E-state index is 8.32. The van der Waals surface area contributed by atoms with Crippen LogP contribution < -0.4 is 0 Å². The number of fused-ring (bicyclic) bond motifs is 4. The van der Waals surface area contributed by atoms with Crippen LogP contribution in [0.4, 0.5) is 0 Å². The fourth-order valence-corrected chi connectivity index (χ4v) is 3.24. The fraction of sp³-hybridized carbons (Fsp3) is 0. The molecule has 0 saturated heterocycles. The Morgan fingerprint density at radius 1 is 0.414 bits per heavy atom. The lowest BCUT2D eigenvalue weighted by Gasteiger charge is -2.05. The molecule has 0 bridgehead atoms. The van der Waals surface area contributed by atoms with Crippen LogP contribution in [-0.2, 0) is 0 Å². The normalized spacial score (nSPS) is 20.1. The van der Waals surface area contributed by atoms with E-state index < -0.39 is 96.7 Å². The van der Waals surface area contributed by atoms with E-state index in [4.69, 9.17) is 26.0 Å². The summed E-state index contributed by atoms with van der Waals surface area (Å²) in [6.45, 7) is 0. The van der Waals surface area contributed by atoms with E-state index in [2.05, 4.69) is 15.9 Å². The minimum atomic E-state index is -0.555. The molecule has 6 aromatic carbocycles. The van der Waals surface area contributed by atoms with Crippen LogP contribution in [-0.4, -0.2) is 0 Å². The lowest BCUT2D eigenvalue weighted by atomic mass is 10.0. The Bertz CT molecular complexity index is 1950. The lowest BCUT2D eigenvalue weighted by Crippen LogP contribution is -1.78. The third kappa shape index (κ3) is 3.50. The molecular formula is C28H19Br. The van der Waals surface area contributed by atoms with Gasteiger partial charge in [-0.1, -0.05) is 96.7 Å². The van der Waals surface area contributed by atoms with Gasteiger partial charge in [-0.3, -0.25) is 0 Å². The van der Waals surface area contributed by atoms with Gasteiger partial charge in [-0.05, 0) is 77.1 Å². The highest BCUT2D eigenvalue weighted by atomic mass is 79.9. The molecule has 0 nitrogen and oxygen atoms in total. The van der Waals surface area contributed by atoms with Gasteiger partial charge in [-0.2, -0.15) is 0 Å². The highest BCUT2D eigenvalue weighted by Gasteiger charge is 2.03. The minimum absolute atomic E-state index is 0.0310. The van der Waals surface area contributed by atoms with Gasteiger partial charge in [0, 0.05) is 4.47 Å². The maximum atomic E-state index is 8.32. The van der Waals surface area contributed by atoms with Crippen LogP contribution >= 0.6 is 15.9 Å². The van der Waals surface area contributed by atoms with Crippen molar-refractivity contribution in [3.05, 3.63) is 119 Å². The first-order valence-corrected chi connectivity index (χ1v) is 8.98. The first-order chi connectivity index (χ1) is 22.2. The fourth-order valence-electron chi connectivity index (χ4n) is 2.64. The van der Waals surface area contributed by atoms with Crippen LogP contribution in [0, 0.1) is 0 Å². The molecule has 0 fully saturated rings. The minimum Gasteiger partial charge on any atom is -0.0616 e. The number of benzene rings is 6. The molecule has 6 rings (SSSR count). The monoisotopic (exact) mass is 453 g/mol. The second-order valence-corrected chi connectivity index (χ2v) is 6.48. The third-order valence-electron chi connectivity index (χ3n) is 3.94. The van der Waals surface area contributed by atoms with Crippen molar-refractivity contribution in [2.24, 2.45) is 0 Å². The number of hydrogen-bond donors (Lipinski definition) is 0. The van der Waals surface area contributed by atoms with Crippen molar-refractivity contribution in [1.82, 2.24) is 0 Å². The van der Waals surface area contributed by atoms with Crippen molar-refractivity contribution in [3.8, 4) is 0 Å². The molecule has 0 radical (unpaired) electrons. The Morgan fingerprint density at radius 2 is 0.690 bits per heavy atom. The van der Waals surface area contributed by atoms with Crippen molar-refractivity contribution < 1.29 is 26.0 Å². The molecule has 0 atom stereocenters. The Kier molecular flexibility index (Phi) is 1.77. The van der Waals surface area contributed by atoms with E-state index in [1.54, 1.807) is 0 Å². The average molecular weight is 454 g/mol. The molecule has 0 aliphatic heterocycles. The largest absolute Gasteiger partial charge is 0.0636 e. The van der Waals surface area contributed by atoms with Gasteiger partial charge in [0.2, 0.25) is 0 Å². The van der Waals surface area contributed by atoms with E-state index >= 15 is 0 Å². The molecule has 0 amide bonds. The van der Waals surface area contributed by atoms with E-state index in [0.717, 1.165) is 0 Å². The zero-order valence-corrected chi connectivity index (χ0v) is 16.0. The second kappa shape index (κ2) is 7.69. The van der Waals surface area contributed by atoms with Crippen LogP contribution in [0.15, 0.2) is 119 Å². The molecule has 0 aliphatic carbocycles. The van der Waals surface area contributed by atoms with Gasteiger partial charge in [0.25, 0.3) is 0 Å². The Morgan fingerprint density at radius 3 is 1.07 bits per heavy atom. The van der Waals surface area contributed by atoms with Crippen molar-refractivity contribution in [1.29, 1.82) is 0 Å². The summed E-state index contributed by atoms with van der Waals surface area (Å²) in [4.78, 5) is 0. The van der Waals surface area contributed by atoms with Gasteiger partial charge in [0.1, 0.15) is 0 Å². The average Bonchev–Trinajstić information content (AvgIpc) is 3.05. The zero-order chi connectivity index (χ0) is 36.2. The van der Waals surface area contributed by atoms with Crippen molar-refractivity contribution in [2.75, 3.05) is 0 Å². The van der Waals surface area contributed by atoms with E-state index in [0.29, 0.717) is 0 Å². The first-order valence-electron chi connectivity index (χ1n) is 17.7. The molecule has 29 heavy (non-hydrogen) atoms. The highest BCUT2D eigenvalue weighted by molar-refractivity contribution is 9.10. The lowest BCUT2D eigenvalue weighted by molar-refractivity contribution is 1.74. The summed E-state index contributed by atoms with van der Waals surface area (Å²) < 4.78 is 151. The van der Waals surface area contributed by atoms with Crippen molar-refractivity contribution in [2.45, 2.75) is 0 Å². The molecule has 0 saturated carbocycles. The topological polar surface area (TPSA) is 0 Å². The molecule has 0 spiro atoms. The van der Waals surface area contributed by atoms with Crippen LogP contribution in [0.1, 0.15) is 26.0 Å². The zero-order valence-electron chi connectivity index (χ0n) is 33.4. The van der Waals surface area contributed by atoms with Gasteiger partial charge < -0.3 is 0 Å². The van der Waals surface area contributed by atoms with Gasteiger partial charge in [0.15, 0.2) is 0 Å². The molecule has 138 valence electrons. The number of hydrogen-bond acceptors (Lipinski definition) is 0. The van der Waals surface area contributed by atoms with Gasteiger partial charge in [-0.25, -0.2) is 0 Å². The summed E-state index contributed by atoms with van der Waals surface area (Å²) in [7, 11) is 0. The van der Waals surface area contributed by atoms with Crippen LogP contribution in [0.5, 0.6) is 0 Å². The Hall–Kier alpha value is -3.16. The highest BCUT2D eigenvalue weighted by Crippen LogP contribution is 2.32. The van der Waals surface area contributed by atoms with E-state index in [9.17, 15) is 0 Å². The van der Waals surface area contributed by atoms with Gasteiger partial charge in [-0.15, -0.1) is 0 Å². The molecule has 0 aromatic heterocycles. The van der Waals surface area contributed by atoms with E-state index in [1.807, 2.05) is 0 Å². The summed E-state index contributed by atoms with van der Waals surface area (Å²) in [5.41, 5.74) is 0. The summed E-state index contributed by atoms with van der Waals surface area (Å²) in [6.07, 6.45) is 0. The molecule has 1 heteroatoms. The molecule has 0 heterocycles. The Balaban J connectivity index is 0.000000188. The summed E-state index contributed by atoms with van der Waals surface area (Å²) in [5.74, 6) is 0. The Labute approximate surface area is 205 Å². The molecule has 6 aromatic rings. The van der Waals surface area contributed by atoms with Crippen LogP contribution in [0.3, 0.4) is 0 Å². The standard InChI is InChI=1S/C14H9Br.C14H10/c15-14-12-7-3-1-5-10(12)9-11-6-2-4-8-13(11)14;1-2-6-12-10-14-8-4-3-7-13(14)9-11(12)5-1/h1-9H;1-10H/i1D,2D,3D,4D,5D,6D,7D,8D,9D;1D,2D,3D,4D,5D,6D,7D,8D,9D,10D. The molecule has 0 aliphatic rings. The second-order valence-electron chi connectivity index (χ2n) is 5.69. The molecular weight excluding hydrogens is 416 g/mol. The number of halogens is 1. The molecule has 0 unspecified atom stereocenters. The summed E-state index contributed by atoms with van der Waals surface area (Å²) >= 11 is 3.22. The molecule has 0 N–H and O–H groups in total. The SMILES string of the molecule is [2H]c1c([2H])c([2H])c2c(Br)c3c([2H])c([2H])c([2H])c([2H])c3c([2H])c2c1[2H].[2H]c1c([2H])c([2H])c2c([2H])c3c([2H])c([2H])c([2H])c([2H])c3c([2H])c2c1[2H]. The van der Waals surface area contributed by atoms with E-state index in [1.165, 1.54) is 0 Å². The number of rotatable bonds is 0.